The maximum atomic E-state index is 12.1. The van der Waals surface area contributed by atoms with Crippen LogP contribution in [0.1, 0.15) is 10.5 Å². The number of fused-ring (bicyclic) bond motifs is 1. The van der Waals surface area contributed by atoms with Crippen molar-refractivity contribution in [2.45, 2.75) is 0 Å². The molecule has 1 heterocycles. The molecular weight excluding hydrogens is 282 g/mol. The van der Waals surface area contributed by atoms with Gasteiger partial charge in [0, 0.05) is 30.6 Å². The number of nitrogens with zero attached hydrogens (tertiary/aromatic N) is 2. The summed E-state index contributed by atoms with van der Waals surface area (Å²) in [6, 6.07) is 7.35. The van der Waals surface area contributed by atoms with E-state index in [9.17, 15) is 4.79 Å². The van der Waals surface area contributed by atoms with Crippen molar-refractivity contribution < 1.29 is 9.53 Å². The first-order valence-corrected chi connectivity index (χ1v) is 6.91. The van der Waals surface area contributed by atoms with Gasteiger partial charge in [-0.05, 0) is 32.3 Å². The summed E-state index contributed by atoms with van der Waals surface area (Å²) in [6.45, 7) is 1.42. The number of H-pyrrole nitrogens is 1. The summed E-state index contributed by atoms with van der Waals surface area (Å²) >= 11 is 0. The number of carbonyl (C=O) groups excluding carboxylic acids is 1. The van der Waals surface area contributed by atoms with E-state index < -0.39 is 0 Å². The largest absolute Gasteiger partial charge is 0.492 e. The molecule has 7 nitrogen and oxygen atoms in total. The highest BCUT2D eigenvalue weighted by Crippen LogP contribution is 2.22. The lowest BCUT2D eigenvalue weighted by Gasteiger charge is -2.12. The highest BCUT2D eigenvalue weighted by atomic mass is 16.5. The van der Waals surface area contributed by atoms with Crippen LogP contribution in [-0.2, 0) is 0 Å². The molecule has 1 amide bonds. The van der Waals surface area contributed by atoms with Gasteiger partial charge in [0.2, 0.25) is 0 Å². The summed E-state index contributed by atoms with van der Waals surface area (Å²) in [4.78, 5) is 18.3. The van der Waals surface area contributed by atoms with Crippen molar-refractivity contribution in [3.05, 3.63) is 30.0 Å². The van der Waals surface area contributed by atoms with Crippen LogP contribution in [0.3, 0.4) is 0 Å². The molecule has 0 aliphatic carbocycles. The molecule has 1 aromatic carbocycles. The van der Waals surface area contributed by atoms with E-state index in [2.05, 4.69) is 4.98 Å². The lowest BCUT2D eigenvalue weighted by molar-refractivity contribution is 0.0864. The molecule has 22 heavy (non-hydrogen) atoms. The van der Waals surface area contributed by atoms with Crippen LogP contribution in [0, 0.1) is 5.41 Å². The fourth-order valence-electron chi connectivity index (χ4n) is 1.95. The zero-order valence-electron chi connectivity index (χ0n) is 13.0. The minimum atomic E-state index is -0.348. The average Bonchev–Trinajstić information content (AvgIpc) is 2.88. The normalized spacial score (nSPS) is 10.9. The monoisotopic (exact) mass is 303 g/mol. The Kier molecular flexibility index (Phi) is 4.67. The predicted octanol–water partition coefficient (Wildman–Crippen LogP) is 1.07. The molecule has 0 saturated carbocycles. The summed E-state index contributed by atoms with van der Waals surface area (Å²) < 4.78 is 5.67. The number of nitrogens with two attached hydrogens (primary N) is 1. The Balaban J connectivity index is 2.17. The quantitative estimate of drug-likeness (QED) is 0.568. The fraction of sp³-hybridized carbons (Fsp3) is 0.333. The van der Waals surface area contributed by atoms with Crippen molar-refractivity contribution in [2.75, 3.05) is 34.3 Å². The molecular formula is C15H21N5O2. The van der Waals surface area contributed by atoms with Gasteiger partial charge in [-0.15, -0.1) is 0 Å². The second kappa shape index (κ2) is 6.48. The summed E-state index contributed by atoms with van der Waals surface area (Å²) in [5.41, 5.74) is 6.52. The van der Waals surface area contributed by atoms with E-state index in [1.807, 2.05) is 37.2 Å². The molecule has 1 aromatic heterocycles. The van der Waals surface area contributed by atoms with Gasteiger partial charge in [0.25, 0.3) is 5.91 Å². The van der Waals surface area contributed by atoms with Crippen LogP contribution in [0.25, 0.3) is 10.9 Å². The lowest BCUT2D eigenvalue weighted by atomic mass is 10.2. The van der Waals surface area contributed by atoms with Crippen LogP contribution in [0.5, 0.6) is 5.75 Å². The van der Waals surface area contributed by atoms with Gasteiger partial charge in [0.1, 0.15) is 18.1 Å². The third kappa shape index (κ3) is 3.56. The Hall–Kier alpha value is -2.54. The van der Waals surface area contributed by atoms with Gasteiger partial charge in [0.15, 0.2) is 5.96 Å². The van der Waals surface area contributed by atoms with Crippen LogP contribution >= 0.6 is 0 Å². The Labute approximate surface area is 129 Å². The van der Waals surface area contributed by atoms with Gasteiger partial charge in [-0.25, -0.2) is 0 Å². The Bertz CT molecular complexity index is 692. The van der Waals surface area contributed by atoms with Gasteiger partial charge in [0.05, 0.1) is 0 Å². The van der Waals surface area contributed by atoms with Crippen LogP contribution in [-0.4, -0.2) is 60.9 Å². The maximum Gasteiger partial charge on any atom is 0.276 e. The van der Waals surface area contributed by atoms with E-state index >= 15 is 0 Å². The zero-order valence-corrected chi connectivity index (χ0v) is 13.0. The molecule has 118 valence electrons. The van der Waals surface area contributed by atoms with Gasteiger partial charge < -0.3 is 20.4 Å². The first-order valence-electron chi connectivity index (χ1n) is 6.91. The highest BCUT2D eigenvalue weighted by molar-refractivity contribution is 6.05. The van der Waals surface area contributed by atoms with Crippen LogP contribution in [0.15, 0.2) is 24.3 Å². The molecule has 0 bridgehead atoms. The number of nitrogens with one attached hydrogen (secondary N) is 2. The van der Waals surface area contributed by atoms with Crippen molar-refractivity contribution in [1.82, 2.24) is 14.8 Å². The number of rotatable bonds is 5. The predicted molar refractivity (Wildman–Crippen MR) is 86.4 cm³/mol. The Morgan fingerprint density at radius 1 is 1.32 bits per heavy atom. The molecule has 0 unspecified atom stereocenters. The number of aromatic amines is 1. The summed E-state index contributed by atoms with van der Waals surface area (Å²) in [5.74, 6) is 0.102. The first kappa shape index (κ1) is 15.8. The SMILES string of the molecule is CN(C)CCOc1ccc2cc(C(=O)N(C)C(=N)N)[nH]c2c1. The van der Waals surface area contributed by atoms with Crippen LogP contribution < -0.4 is 10.5 Å². The Morgan fingerprint density at radius 2 is 2.05 bits per heavy atom. The van der Waals surface area contributed by atoms with E-state index in [0.29, 0.717) is 12.3 Å². The molecule has 0 atom stereocenters. The topological polar surface area (TPSA) is 98.4 Å². The van der Waals surface area contributed by atoms with Crippen molar-refractivity contribution in [1.29, 1.82) is 5.41 Å². The van der Waals surface area contributed by atoms with Crippen molar-refractivity contribution >= 4 is 22.8 Å². The maximum absolute atomic E-state index is 12.1. The van der Waals surface area contributed by atoms with E-state index in [1.165, 1.54) is 7.05 Å². The van der Waals surface area contributed by atoms with Gasteiger partial charge in [-0.1, -0.05) is 0 Å². The van der Waals surface area contributed by atoms with Gasteiger partial charge in [-0.2, -0.15) is 0 Å². The third-order valence-electron chi connectivity index (χ3n) is 3.30. The number of likely N-dealkylation sites (N-methyl/N-ethyl adjacent to an activating group) is 1. The molecule has 7 heteroatoms. The van der Waals surface area contributed by atoms with Crippen molar-refractivity contribution in [3.8, 4) is 5.75 Å². The molecule has 0 radical (unpaired) electrons. The molecule has 0 spiro atoms. The summed E-state index contributed by atoms with van der Waals surface area (Å²) in [5, 5.41) is 8.21. The smallest absolute Gasteiger partial charge is 0.276 e. The molecule has 2 aromatic rings. The number of hydrogen-bond donors (Lipinski definition) is 3. The van der Waals surface area contributed by atoms with Gasteiger partial charge >= 0.3 is 0 Å². The second-order valence-electron chi connectivity index (χ2n) is 5.33. The molecule has 0 fully saturated rings. The fourth-order valence-corrected chi connectivity index (χ4v) is 1.95. The minimum Gasteiger partial charge on any atom is -0.492 e. The number of carbonyl (C=O) groups is 1. The Morgan fingerprint density at radius 3 is 2.68 bits per heavy atom. The van der Waals surface area contributed by atoms with E-state index in [4.69, 9.17) is 15.9 Å². The first-order chi connectivity index (χ1) is 10.4. The molecule has 0 aliphatic heterocycles. The van der Waals surface area contributed by atoms with Crippen LogP contribution in [0.2, 0.25) is 0 Å². The minimum absolute atomic E-state index is 0.295. The number of amides is 1. The summed E-state index contributed by atoms with van der Waals surface area (Å²) in [7, 11) is 5.44. The lowest BCUT2D eigenvalue weighted by Crippen LogP contribution is -2.38. The van der Waals surface area contributed by atoms with Crippen molar-refractivity contribution in [3.63, 3.8) is 0 Å². The van der Waals surface area contributed by atoms with E-state index in [-0.39, 0.29) is 11.9 Å². The average molecular weight is 303 g/mol. The second-order valence-corrected chi connectivity index (χ2v) is 5.33. The standard InChI is InChI=1S/C15H21N5O2/c1-19(2)6-7-22-11-5-4-10-8-13(18-12(10)9-11)14(21)20(3)15(16)17/h4-5,8-9,18H,6-7H2,1-3H3,(H3,16,17). The number of guanidine groups is 1. The van der Waals surface area contributed by atoms with E-state index in [1.54, 1.807) is 6.07 Å². The number of ether oxygens (including phenoxy) is 1. The molecule has 4 N–H and O–H groups in total. The van der Waals surface area contributed by atoms with Gasteiger partial charge in [-0.3, -0.25) is 15.1 Å². The highest BCUT2D eigenvalue weighted by Gasteiger charge is 2.16. The molecule has 2 rings (SSSR count). The van der Waals surface area contributed by atoms with Crippen molar-refractivity contribution in [2.24, 2.45) is 5.73 Å². The third-order valence-corrected chi connectivity index (χ3v) is 3.30. The number of aromatic nitrogens is 1. The number of hydrogen-bond acceptors (Lipinski definition) is 4. The van der Waals surface area contributed by atoms with E-state index in [0.717, 1.165) is 28.1 Å². The zero-order chi connectivity index (χ0) is 16.3. The van der Waals surface area contributed by atoms with Crippen LogP contribution in [0.4, 0.5) is 0 Å². The number of benzene rings is 1. The molecule has 0 saturated heterocycles. The molecule has 0 aliphatic rings. The summed E-state index contributed by atoms with van der Waals surface area (Å²) in [6.07, 6.45) is 0.